The van der Waals surface area contributed by atoms with Crippen LogP contribution in [0, 0.1) is 5.82 Å². The molecule has 0 amide bonds. The molecule has 1 fully saturated rings. The van der Waals surface area contributed by atoms with Gasteiger partial charge in [-0.3, -0.25) is 0 Å². The Labute approximate surface area is 106 Å². The fourth-order valence-corrected chi connectivity index (χ4v) is 2.33. The normalized spacial score (nSPS) is 28.6. The van der Waals surface area contributed by atoms with Gasteiger partial charge >= 0.3 is 0 Å². The first-order valence-corrected chi connectivity index (χ1v) is 6.19. The van der Waals surface area contributed by atoms with Crippen LogP contribution >= 0.6 is 11.6 Å². The van der Waals surface area contributed by atoms with Gasteiger partial charge in [-0.1, -0.05) is 11.6 Å². The van der Waals surface area contributed by atoms with E-state index in [1.54, 1.807) is 6.07 Å². The number of hydrogen-bond acceptors (Lipinski definition) is 2. The molecule has 1 aromatic carbocycles. The smallest absolute Gasteiger partial charge is 0.125 e. The van der Waals surface area contributed by atoms with E-state index >= 15 is 0 Å². The Bertz CT molecular complexity index is 392. The molecule has 1 saturated heterocycles. The summed E-state index contributed by atoms with van der Waals surface area (Å²) in [4.78, 5) is 0. The second kappa shape index (κ2) is 4.92. The molecule has 0 aliphatic carbocycles. The highest BCUT2D eigenvalue weighted by molar-refractivity contribution is 6.30. The number of rotatable bonds is 3. The maximum Gasteiger partial charge on any atom is 0.125 e. The van der Waals surface area contributed by atoms with Crippen molar-refractivity contribution in [2.45, 2.75) is 38.5 Å². The third kappa shape index (κ3) is 2.97. The number of benzene rings is 1. The summed E-state index contributed by atoms with van der Waals surface area (Å²) < 4.78 is 18.7. The summed E-state index contributed by atoms with van der Waals surface area (Å²) in [5.41, 5.74) is 0.814. The minimum Gasteiger partial charge on any atom is -0.377 e. The fourth-order valence-electron chi connectivity index (χ4n) is 2.08. The zero-order valence-electron chi connectivity index (χ0n) is 10.1. The monoisotopic (exact) mass is 257 g/mol. The average molecular weight is 258 g/mol. The number of hydrogen-bond donors (Lipinski definition) is 1. The molecule has 4 heteroatoms. The Morgan fingerprint density at radius 1 is 1.53 bits per heavy atom. The van der Waals surface area contributed by atoms with Gasteiger partial charge in [-0.15, -0.1) is 0 Å². The van der Waals surface area contributed by atoms with Crippen molar-refractivity contribution in [1.29, 1.82) is 0 Å². The van der Waals surface area contributed by atoms with E-state index < -0.39 is 0 Å². The Hall–Kier alpha value is -0.640. The van der Waals surface area contributed by atoms with Crippen molar-refractivity contribution >= 4 is 11.6 Å². The number of ether oxygens (including phenoxy) is 1. The molecule has 0 bridgehead atoms. The van der Waals surface area contributed by atoms with Crippen molar-refractivity contribution in [2.24, 2.45) is 0 Å². The molecule has 1 heterocycles. The van der Waals surface area contributed by atoms with Crippen LogP contribution in [0.15, 0.2) is 18.2 Å². The first-order chi connectivity index (χ1) is 7.99. The Balaban J connectivity index is 2.02. The summed E-state index contributed by atoms with van der Waals surface area (Å²) in [6.07, 6.45) is 1.14. The molecule has 1 aromatic rings. The van der Waals surface area contributed by atoms with E-state index in [4.69, 9.17) is 16.3 Å². The number of halogens is 2. The zero-order chi connectivity index (χ0) is 12.5. The molecule has 2 nitrogen and oxygen atoms in total. The average Bonchev–Trinajstić information content (AvgIpc) is 2.56. The highest BCUT2D eigenvalue weighted by atomic mass is 35.5. The van der Waals surface area contributed by atoms with Crippen molar-refractivity contribution in [1.82, 2.24) is 5.32 Å². The van der Waals surface area contributed by atoms with Gasteiger partial charge in [0.2, 0.25) is 0 Å². The van der Waals surface area contributed by atoms with Crippen molar-refractivity contribution in [2.75, 3.05) is 6.61 Å². The molecule has 17 heavy (non-hydrogen) atoms. The summed E-state index contributed by atoms with van der Waals surface area (Å²) in [5, 5.41) is 3.86. The second-order valence-electron chi connectivity index (χ2n) is 4.81. The van der Waals surface area contributed by atoms with Crippen LogP contribution in [-0.4, -0.2) is 18.2 Å². The summed E-state index contributed by atoms with van der Waals surface area (Å²) in [6, 6.07) is 4.60. The molecular weight excluding hydrogens is 241 g/mol. The molecule has 2 unspecified atom stereocenters. The molecule has 2 rings (SSSR count). The van der Waals surface area contributed by atoms with E-state index in [0.29, 0.717) is 11.6 Å². The zero-order valence-corrected chi connectivity index (χ0v) is 10.9. The Morgan fingerprint density at radius 2 is 2.29 bits per heavy atom. The molecule has 0 saturated carbocycles. The van der Waals surface area contributed by atoms with Gasteiger partial charge in [-0.25, -0.2) is 4.39 Å². The van der Waals surface area contributed by atoms with Crippen LogP contribution in [-0.2, 0) is 11.3 Å². The Morgan fingerprint density at radius 3 is 2.88 bits per heavy atom. The summed E-state index contributed by atoms with van der Waals surface area (Å²) in [7, 11) is 0. The second-order valence-corrected chi connectivity index (χ2v) is 5.25. The van der Waals surface area contributed by atoms with Crippen molar-refractivity contribution < 1.29 is 9.13 Å². The standard InChI is InChI=1S/C13H17ClFNO/c1-9-13(2,3-4-17-9)16-8-10-5-11(14)7-12(15)6-10/h5-7,9,16H,3-4,8H2,1-2H3. The van der Waals surface area contributed by atoms with Crippen LogP contribution in [0.5, 0.6) is 0 Å². The van der Waals surface area contributed by atoms with Gasteiger partial charge in [0.1, 0.15) is 5.82 Å². The molecule has 94 valence electrons. The highest BCUT2D eigenvalue weighted by Crippen LogP contribution is 2.25. The maximum absolute atomic E-state index is 13.2. The lowest BCUT2D eigenvalue weighted by molar-refractivity contribution is 0.0881. The van der Waals surface area contributed by atoms with Crippen LogP contribution in [0.4, 0.5) is 4.39 Å². The van der Waals surface area contributed by atoms with Crippen molar-refractivity contribution in [3.8, 4) is 0 Å². The number of nitrogens with one attached hydrogen (secondary N) is 1. The Kier molecular flexibility index (Phi) is 3.71. The summed E-state index contributed by atoms with van der Waals surface area (Å²) in [5.74, 6) is -0.296. The van der Waals surface area contributed by atoms with E-state index in [1.165, 1.54) is 12.1 Å². The van der Waals surface area contributed by atoms with Gasteiger partial charge in [-0.05, 0) is 44.0 Å². The van der Waals surface area contributed by atoms with E-state index in [1.807, 2.05) is 0 Å². The minimum atomic E-state index is -0.296. The lowest BCUT2D eigenvalue weighted by Crippen LogP contribution is -2.47. The SMILES string of the molecule is CC1OCCC1(C)NCc1cc(F)cc(Cl)c1. The summed E-state index contributed by atoms with van der Waals surface area (Å²) >= 11 is 5.82. The van der Waals surface area contributed by atoms with Crippen molar-refractivity contribution in [3.05, 3.63) is 34.6 Å². The quantitative estimate of drug-likeness (QED) is 0.898. The maximum atomic E-state index is 13.2. The van der Waals surface area contributed by atoms with Crippen LogP contribution in [0.25, 0.3) is 0 Å². The van der Waals surface area contributed by atoms with E-state index in [9.17, 15) is 4.39 Å². The van der Waals surface area contributed by atoms with Gasteiger partial charge in [0.25, 0.3) is 0 Å². The highest BCUT2D eigenvalue weighted by Gasteiger charge is 2.36. The van der Waals surface area contributed by atoms with Gasteiger partial charge in [0.05, 0.1) is 6.10 Å². The molecule has 2 atom stereocenters. The minimum absolute atomic E-state index is 0.0429. The lowest BCUT2D eigenvalue weighted by Gasteiger charge is -2.29. The van der Waals surface area contributed by atoms with Gasteiger partial charge in [-0.2, -0.15) is 0 Å². The first kappa shape index (κ1) is 12.8. The topological polar surface area (TPSA) is 21.3 Å². The molecule has 1 N–H and O–H groups in total. The van der Waals surface area contributed by atoms with Crippen LogP contribution in [0.3, 0.4) is 0 Å². The lowest BCUT2D eigenvalue weighted by atomic mass is 9.94. The van der Waals surface area contributed by atoms with E-state index in [0.717, 1.165) is 18.6 Å². The van der Waals surface area contributed by atoms with Gasteiger partial charge in [0, 0.05) is 23.7 Å². The molecular formula is C13H17ClFNO. The van der Waals surface area contributed by atoms with Crippen LogP contribution in [0.1, 0.15) is 25.8 Å². The van der Waals surface area contributed by atoms with E-state index in [-0.39, 0.29) is 17.5 Å². The van der Waals surface area contributed by atoms with E-state index in [2.05, 4.69) is 19.2 Å². The molecule has 0 spiro atoms. The molecule has 0 aromatic heterocycles. The van der Waals surface area contributed by atoms with Gasteiger partial charge in [0.15, 0.2) is 0 Å². The first-order valence-electron chi connectivity index (χ1n) is 5.81. The van der Waals surface area contributed by atoms with Crippen LogP contribution < -0.4 is 5.32 Å². The fraction of sp³-hybridized carbons (Fsp3) is 0.538. The van der Waals surface area contributed by atoms with Crippen LogP contribution in [0.2, 0.25) is 5.02 Å². The largest absolute Gasteiger partial charge is 0.377 e. The molecule has 0 radical (unpaired) electrons. The molecule has 1 aliphatic heterocycles. The summed E-state index contributed by atoms with van der Waals surface area (Å²) in [6.45, 7) is 5.56. The predicted octanol–water partition coefficient (Wildman–Crippen LogP) is 3.14. The van der Waals surface area contributed by atoms with Crippen molar-refractivity contribution in [3.63, 3.8) is 0 Å². The predicted molar refractivity (Wildman–Crippen MR) is 66.7 cm³/mol. The third-order valence-electron chi connectivity index (χ3n) is 3.51. The van der Waals surface area contributed by atoms with Gasteiger partial charge < -0.3 is 10.1 Å². The third-order valence-corrected chi connectivity index (χ3v) is 3.72. The molecule has 1 aliphatic rings.